The number of carbonyl (C=O) groups is 9. The molecule has 0 spiro atoms. The summed E-state index contributed by atoms with van der Waals surface area (Å²) < 4.78 is 10.5. The average Bonchev–Trinajstić information content (AvgIpc) is 3.78. The fraction of sp³-hybridized carbons (Fsp3) is 0.543. The van der Waals surface area contributed by atoms with Crippen LogP contribution < -0.4 is 21.3 Å². The topological polar surface area (TPSA) is 276 Å². The van der Waals surface area contributed by atoms with E-state index in [1.807, 2.05) is 29.2 Å². The van der Waals surface area contributed by atoms with Crippen molar-refractivity contribution in [3.05, 3.63) is 72.3 Å². The lowest BCUT2D eigenvalue weighted by molar-refractivity contribution is -0.144. The Bertz CT molecular complexity index is 2020. The van der Waals surface area contributed by atoms with Gasteiger partial charge in [0.25, 0.3) is 11.8 Å². The molecule has 4 heterocycles. The average molecular weight is 966 g/mol. The molecule has 0 radical (unpaired) electrons. The summed E-state index contributed by atoms with van der Waals surface area (Å²) in [6.45, 7) is 5.00. The molecule has 1 fully saturated rings. The highest BCUT2D eigenvalue weighted by Crippen LogP contribution is 2.35. The Balaban J connectivity index is 1.25. The summed E-state index contributed by atoms with van der Waals surface area (Å²) in [5.74, 6) is -4.53. The maximum atomic E-state index is 13.9. The van der Waals surface area contributed by atoms with Gasteiger partial charge in [-0.05, 0) is 49.9 Å². The smallest absolute Gasteiger partial charge is 0.320 e. The van der Waals surface area contributed by atoms with E-state index in [1.54, 1.807) is 38.4 Å². The van der Waals surface area contributed by atoms with Crippen LogP contribution in [0.25, 0.3) is 0 Å². The van der Waals surface area contributed by atoms with Crippen LogP contribution in [0.5, 0.6) is 0 Å². The van der Waals surface area contributed by atoms with E-state index in [4.69, 9.17) is 9.47 Å². The predicted octanol–water partition coefficient (Wildman–Crippen LogP) is 0.581. The van der Waals surface area contributed by atoms with Gasteiger partial charge in [-0.15, -0.1) is 11.8 Å². The maximum absolute atomic E-state index is 13.9. The van der Waals surface area contributed by atoms with Gasteiger partial charge in [0, 0.05) is 109 Å². The Hall–Kier alpha value is -6.10. The number of carboxylic acids is 1. The van der Waals surface area contributed by atoms with Crippen LogP contribution in [-0.4, -0.2) is 166 Å². The minimum atomic E-state index is -1.07. The third-order valence-electron chi connectivity index (χ3n) is 11.0. The fourth-order valence-electron chi connectivity index (χ4n) is 7.27. The molecule has 0 aromatic carbocycles. The molecule has 0 saturated carbocycles. The number of hydrogen-bond acceptors (Lipinski definition) is 15. The molecule has 2 aliphatic heterocycles. The Morgan fingerprint density at radius 3 is 1.91 bits per heavy atom. The molecule has 370 valence electrons. The number of nitrogens with zero attached hydrogens (tertiary/aromatic N) is 5. The molecule has 2 aromatic heterocycles. The van der Waals surface area contributed by atoms with Crippen LogP contribution in [0, 0.1) is 5.41 Å². The summed E-state index contributed by atoms with van der Waals surface area (Å²) in [5, 5.41) is 19.4. The lowest BCUT2D eigenvalue weighted by Crippen LogP contribution is -2.44. The molecular formula is C46H63N9O12S. The molecule has 3 unspecified atom stereocenters. The number of carbonyl (C=O) groups excluding carboxylic acids is 8. The Kier molecular flexibility index (Phi) is 22.7. The summed E-state index contributed by atoms with van der Waals surface area (Å²) >= 11 is 0.995. The number of likely N-dealkylation sites (tertiary alicyclic amines) is 1. The molecule has 2 aromatic rings. The minimum absolute atomic E-state index is 0.0230. The molecule has 0 aliphatic carbocycles. The van der Waals surface area contributed by atoms with Gasteiger partial charge in [0.2, 0.25) is 35.4 Å². The van der Waals surface area contributed by atoms with Crippen LogP contribution in [0.15, 0.2) is 60.9 Å². The number of pyridine rings is 2. The molecule has 8 amide bonds. The number of aliphatic carboxylic acids is 1. The van der Waals surface area contributed by atoms with Crippen LogP contribution >= 0.6 is 11.8 Å². The van der Waals surface area contributed by atoms with Crippen molar-refractivity contribution in [2.24, 2.45) is 5.41 Å². The summed E-state index contributed by atoms with van der Waals surface area (Å²) in [5.41, 5.74) is 0.345. The highest BCUT2D eigenvalue weighted by atomic mass is 32.2. The van der Waals surface area contributed by atoms with Gasteiger partial charge in [0.1, 0.15) is 6.04 Å². The van der Waals surface area contributed by atoms with Gasteiger partial charge >= 0.3 is 5.97 Å². The molecule has 1 saturated heterocycles. The summed E-state index contributed by atoms with van der Waals surface area (Å²) in [6, 6.07) is 10.0. The number of imide groups is 2. The fourth-order valence-corrected chi connectivity index (χ4v) is 8.86. The Labute approximate surface area is 399 Å². The van der Waals surface area contributed by atoms with Gasteiger partial charge in [-0.25, -0.2) is 0 Å². The summed E-state index contributed by atoms with van der Waals surface area (Å²) in [7, 11) is 1.51. The first-order valence-corrected chi connectivity index (χ1v) is 23.5. The second kappa shape index (κ2) is 28.3. The largest absolute Gasteiger partial charge is 0.480 e. The van der Waals surface area contributed by atoms with Gasteiger partial charge < -0.3 is 35.8 Å². The number of nitrogens with one attached hydrogen (secondary N) is 4. The third-order valence-corrected chi connectivity index (χ3v) is 12.4. The van der Waals surface area contributed by atoms with Crippen LogP contribution in [0.3, 0.4) is 0 Å². The zero-order chi connectivity index (χ0) is 49.5. The number of amides is 8. The van der Waals surface area contributed by atoms with Gasteiger partial charge in [0.05, 0.1) is 41.7 Å². The van der Waals surface area contributed by atoms with E-state index in [9.17, 15) is 48.3 Å². The van der Waals surface area contributed by atoms with Crippen molar-refractivity contribution >= 4 is 65.0 Å². The molecule has 22 heteroatoms. The number of aromatic nitrogens is 2. The minimum Gasteiger partial charge on any atom is -0.480 e. The monoisotopic (exact) mass is 965 g/mol. The van der Waals surface area contributed by atoms with Crippen molar-refractivity contribution in [2.75, 3.05) is 66.2 Å². The number of rotatable bonds is 32. The van der Waals surface area contributed by atoms with Crippen molar-refractivity contribution in [3.8, 4) is 0 Å². The van der Waals surface area contributed by atoms with Crippen LogP contribution in [0.2, 0.25) is 0 Å². The first-order chi connectivity index (χ1) is 32.6. The van der Waals surface area contributed by atoms with Gasteiger partial charge in [-0.3, -0.25) is 67.8 Å². The molecule has 0 bridgehead atoms. The van der Waals surface area contributed by atoms with Crippen molar-refractivity contribution in [1.29, 1.82) is 0 Å². The van der Waals surface area contributed by atoms with Crippen molar-refractivity contribution in [2.45, 2.75) is 88.4 Å². The Morgan fingerprint density at radius 1 is 0.794 bits per heavy atom. The second-order valence-electron chi connectivity index (χ2n) is 16.7. The molecular weight excluding hydrogens is 903 g/mol. The highest BCUT2D eigenvalue weighted by Gasteiger charge is 2.43. The summed E-state index contributed by atoms with van der Waals surface area (Å²) in [4.78, 5) is 127. The molecule has 68 heavy (non-hydrogen) atoms. The maximum Gasteiger partial charge on any atom is 0.320 e. The van der Waals surface area contributed by atoms with Gasteiger partial charge in [-0.1, -0.05) is 26.0 Å². The lowest BCUT2D eigenvalue weighted by atomic mass is 9.86. The van der Waals surface area contributed by atoms with Gasteiger partial charge in [0.15, 0.2) is 0 Å². The number of methoxy groups -OCH3 is 1. The van der Waals surface area contributed by atoms with E-state index >= 15 is 0 Å². The van der Waals surface area contributed by atoms with Crippen molar-refractivity contribution < 1.29 is 57.7 Å². The van der Waals surface area contributed by atoms with Crippen LogP contribution in [0.1, 0.15) is 70.2 Å². The second-order valence-corrected chi connectivity index (χ2v) is 18.1. The van der Waals surface area contributed by atoms with Crippen LogP contribution in [0.4, 0.5) is 0 Å². The SMILES string of the molecule is COCCNC(=O)C(C)(C)CC(SC1CC(=O)N(CCC(=O)NCCOCCNC(=O)CCN2C(=O)C=CC2=O)C1=O)C(=O)NCCCCC(C(=O)O)N(Cc1ccccn1)Cc1ccccn1. The van der Waals surface area contributed by atoms with E-state index in [0.717, 1.165) is 33.7 Å². The number of unbranched alkanes of at least 4 members (excludes halogenated alkanes) is 1. The standard InChI is InChI=1S/C46H63N9O12S/c1-46(2,45(65)52-20-25-66-3)29-36(42(61)51-19-9-6-12-34(44(63)64)53(30-32-10-4-7-17-47-32)31-33-11-5-8-18-48-33)68-35-28-41(60)55(43(35)62)24-16-38(57)50-22-27-67-26-21-49-37(56)15-23-54-39(58)13-14-40(54)59/h4-5,7-8,10-11,13-14,17-18,34-36H,6,9,12,15-16,19-31H2,1-3H3,(H,49,56)(H,50,57)(H,51,61)(H,52,65)(H,63,64). The van der Waals surface area contributed by atoms with Crippen LogP contribution in [-0.2, 0) is 65.7 Å². The lowest BCUT2D eigenvalue weighted by Gasteiger charge is -2.29. The molecule has 2 aliphatic rings. The first-order valence-electron chi connectivity index (χ1n) is 22.6. The number of thioether (sulfide) groups is 1. The normalized spacial score (nSPS) is 15.7. The van der Waals surface area contributed by atoms with Gasteiger partial charge in [-0.2, -0.15) is 0 Å². The first kappa shape index (κ1) is 54.5. The molecule has 4 rings (SSSR count). The van der Waals surface area contributed by atoms with E-state index in [2.05, 4.69) is 31.2 Å². The molecule has 3 atom stereocenters. The van der Waals surface area contributed by atoms with E-state index in [0.29, 0.717) is 24.2 Å². The van der Waals surface area contributed by atoms with E-state index in [1.165, 1.54) is 7.11 Å². The molecule has 5 N–H and O–H groups in total. The number of ether oxygens (including phenoxy) is 2. The van der Waals surface area contributed by atoms with Crippen molar-refractivity contribution in [1.82, 2.24) is 45.9 Å². The Morgan fingerprint density at radius 2 is 1.37 bits per heavy atom. The summed E-state index contributed by atoms with van der Waals surface area (Å²) in [6.07, 6.45) is 6.35. The molecule has 21 nitrogen and oxygen atoms in total. The quantitative estimate of drug-likeness (QED) is 0.0496. The zero-order valence-corrected chi connectivity index (χ0v) is 39.6. The number of hydrogen-bond donors (Lipinski definition) is 5. The third kappa shape index (κ3) is 18.2. The van der Waals surface area contributed by atoms with E-state index in [-0.39, 0.29) is 116 Å². The predicted molar refractivity (Wildman–Crippen MR) is 248 cm³/mol. The van der Waals surface area contributed by atoms with E-state index < -0.39 is 63.4 Å². The number of carboxylic acid groups (broad SMARTS) is 1. The zero-order valence-electron chi connectivity index (χ0n) is 38.8. The highest BCUT2D eigenvalue weighted by molar-refractivity contribution is 8.02. The van der Waals surface area contributed by atoms with Crippen molar-refractivity contribution in [3.63, 3.8) is 0 Å².